The molecule has 160 valence electrons. The van der Waals surface area contributed by atoms with Crippen LogP contribution in [0.5, 0.6) is 0 Å². The number of fused-ring (bicyclic) bond motifs is 1. The first-order valence-electron chi connectivity index (χ1n) is 9.69. The summed E-state index contributed by atoms with van der Waals surface area (Å²) >= 11 is 0. The van der Waals surface area contributed by atoms with Crippen molar-refractivity contribution in [2.45, 2.75) is 43.1 Å². The van der Waals surface area contributed by atoms with Crippen LogP contribution in [-0.2, 0) is 23.7 Å². The van der Waals surface area contributed by atoms with Gasteiger partial charge < -0.3 is 4.74 Å². The third kappa shape index (κ3) is 3.64. The van der Waals surface area contributed by atoms with Gasteiger partial charge in [-0.2, -0.15) is 18.3 Å². The molecular formula is C19H21FN2O7P+. The molecule has 3 aliphatic rings. The minimum absolute atomic E-state index is 0.0182. The predicted octanol–water partition coefficient (Wildman–Crippen LogP) is 1.80. The topological polar surface area (TPSA) is 112 Å². The Morgan fingerprint density at radius 3 is 2.77 bits per heavy atom. The van der Waals surface area contributed by atoms with Crippen LogP contribution in [0.3, 0.4) is 0 Å². The molecule has 1 saturated carbocycles. The van der Waals surface area contributed by atoms with Gasteiger partial charge >= 0.3 is 13.9 Å². The lowest BCUT2D eigenvalue weighted by molar-refractivity contribution is -0.0827. The number of H-pyrrole nitrogens is 1. The highest BCUT2D eigenvalue weighted by molar-refractivity contribution is 7.55. The predicted molar refractivity (Wildman–Crippen MR) is 103 cm³/mol. The Bertz CT molecular complexity index is 1060. The molecule has 11 heteroatoms. The van der Waals surface area contributed by atoms with E-state index in [1.165, 1.54) is 0 Å². The van der Waals surface area contributed by atoms with Gasteiger partial charge in [-0.15, -0.1) is 4.52 Å². The molecule has 2 N–H and O–H groups in total. The van der Waals surface area contributed by atoms with E-state index >= 15 is 0 Å². The summed E-state index contributed by atoms with van der Waals surface area (Å²) in [7, 11) is -3.56. The fraction of sp³-hybridized carbons (Fsp3) is 0.474. The van der Waals surface area contributed by atoms with Crippen molar-refractivity contribution in [3.63, 3.8) is 0 Å². The standard InChI is InChI=1S/C19H20FN2O7P/c20-13-9-22(18(24)21-17(13)23)16-8-14-15(28-16)10-26-30(25,29-14)27-11-19(6-7-19)12-4-2-1-3-5-12/h1-5,9,14-16,25H,6-8,10-11H2/p+1/t14-,15+,16+,30?/m0/s1. The highest BCUT2D eigenvalue weighted by atomic mass is 31.2. The average molecular weight is 439 g/mol. The lowest BCUT2D eigenvalue weighted by Crippen LogP contribution is -2.36. The van der Waals surface area contributed by atoms with Crippen molar-refractivity contribution in [1.29, 1.82) is 0 Å². The molecule has 1 aromatic heterocycles. The van der Waals surface area contributed by atoms with E-state index in [0.717, 1.165) is 29.2 Å². The van der Waals surface area contributed by atoms with Crippen LogP contribution in [0.4, 0.5) is 4.39 Å². The number of rotatable bonds is 5. The van der Waals surface area contributed by atoms with Crippen LogP contribution in [0.2, 0.25) is 0 Å². The van der Waals surface area contributed by atoms with Gasteiger partial charge in [-0.25, -0.2) is 4.79 Å². The number of halogens is 1. The van der Waals surface area contributed by atoms with Gasteiger partial charge in [0.2, 0.25) is 5.82 Å². The van der Waals surface area contributed by atoms with Crippen molar-refractivity contribution in [3.8, 4) is 0 Å². The molecule has 1 aliphatic carbocycles. The quantitative estimate of drug-likeness (QED) is 0.684. The Kier molecular flexibility index (Phi) is 4.89. The molecule has 5 rings (SSSR count). The van der Waals surface area contributed by atoms with E-state index in [0.29, 0.717) is 0 Å². The molecule has 1 aromatic carbocycles. The van der Waals surface area contributed by atoms with Gasteiger partial charge in [0.1, 0.15) is 31.6 Å². The van der Waals surface area contributed by atoms with Gasteiger partial charge in [0, 0.05) is 11.8 Å². The molecule has 0 amide bonds. The number of benzene rings is 1. The maximum Gasteiger partial charge on any atom is 0.573 e. The van der Waals surface area contributed by atoms with Crippen molar-refractivity contribution in [2.24, 2.45) is 0 Å². The summed E-state index contributed by atoms with van der Waals surface area (Å²) in [5, 5.41) is 0. The number of aromatic amines is 1. The van der Waals surface area contributed by atoms with E-state index in [2.05, 4.69) is 0 Å². The van der Waals surface area contributed by atoms with Gasteiger partial charge in [0.05, 0.1) is 6.20 Å². The molecule has 30 heavy (non-hydrogen) atoms. The average Bonchev–Trinajstić information content (AvgIpc) is 3.43. The van der Waals surface area contributed by atoms with E-state index in [4.69, 9.17) is 18.3 Å². The number of hydrogen-bond acceptors (Lipinski definition) is 7. The molecular weight excluding hydrogens is 418 g/mol. The van der Waals surface area contributed by atoms with Crippen LogP contribution in [0.1, 0.15) is 31.1 Å². The van der Waals surface area contributed by atoms with E-state index in [1.54, 1.807) is 0 Å². The van der Waals surface area contributed by atoms with Gasteiger partial charge in [-0.1, -0.05) is 30.3 Å². The highest BCUT2D eigenvalue weighted by Crippen LogP contribution is 2.65. The molecule has 3 heterocycles. The summed E-state index contributed by atoms with van der Waals surface area (Å²) in [6.07, 6.45) is 0.894. The third-order valence-corrected chi connectivity index (χ3v) is 7.30. The van der Waals surface area contributed by atoms with Gasteiger partial charge in [-0.05, 0) is 18.4 Å². The minimum Gasteiger partial charge on any atom is -0.349 e. The lowest BCUT2D eigenvalue weighted by Gasteiger charge is -2.27. The van der Waals surface area contributed by atoms with Crippen molar-refractivity contribution < 1.29 is 27.6 Å². The van der Waals surface area contributed by atoms with Crippen molar-refractivity contribution in [1.82, 2.24) is 9.55 Å². The van der Waals surface area contributed by atoms with Crippen LogP contribution < -0.4 is 11.2 Å². The van der Waals surface area contributed by atoms with Crippen LogP contribution in [0.25, 0.3) is 0 Å². The second kappa shape index (κ2) is 7.33. The van der Waals surface area contributed by atoms with Gasteiger partial charge in [0.25, 0.3) is 5.56 Å². The highest BCUT2D eigenvalue weighted by Gasteiger charge is 2.59. The molecule has 3 fully saturated rings. The number of nitrogens with one attached hydrogen (secondary N) is 1. The molecule has 2 saturated heterocycles. The van der Waals surface area contributed by atoms with Crippen molar-refractivity contribution in [2.75, 3.05) is 13.2 Å². The fourth-order valence-electron chi connectivity index (χ4n) is 3.91. The maximum atomic E-state index is 13.6. The zero-order valence-electron chi connectivity index (χ0n) is 15.9. The molecule has 0 radical (unpaired) electrons. The normalized spacial score (nSPS) is 32.0. The Morgan fingerprint density at radius 1 is 1.27 bits per heavy atom. The summed E-state index contributed by atoms with van der Waals surface area (Å²) in [6.45, 7) is 0.290. The lowest BCUT2D eigenvalue weighted by atomic mass is 9.97. The molecule has 0 bridgehead atoms. The van der Waals surface area contributed by atoms with E-state index in [9.17, 15) is 18.9 Å². The number of aromatic nitrogens is 2. The fourth-order valence-corrected chi connectivity index (χ4v) is 5.41. The van der Waals surface area contributed by atoms with E-state index < -0.39 is 43.7 Å². The number of nitrogens with zero attached hydrogens (tertiary/aromatic N) is 1. The maximum absolute atomic E-state index is 13.6. The Hall–Kier alpha value is -1.94. The first-order chi connectivity index (χ1) is 14.4. The van der Waals surface area contributed by atoms with Gasteiger partial charge in [-0.3, -0.25) is 14.3 Å². The summed E-state index contributed by atoms with van der Waals surface area (Å²) in [5.74, 6) is -1.09. The zero-order chi connectivity index (χ0) is 20.9. The molecule has 1 unspecified atom stereocenters. The van der Waals surface area contributed by atoms with E-state index in [1.807, 2.05) is 35.3 Å². The Morgan fingerprint density at radius 2 is 2.03 bits per heavy atom. The number of ether oxygens (including phenoxy) is 1. The molecule has 2 aliphatic heterocycles. The number of hydrogen-bond donors (Lipinski definition) is 2. The monoisotopic (exact) mass is 439 g/mol. The molecule has 0 spiro atoms. The largest absolute Gasteiger partial charge is 0.573 e. The Labute approximate surface area is 171 Å². The van der Waals surface area contributed by atoms with Crippen molar-refractivity contribution >= 4 is 8.17 Å². The first kappa shape index (κ1) is 20.0. The minimum atomic E-state index is -3.56. The SMILES string of the molecule is O=c1[nH]c(=O)n([C@H]2C[C@@H]3O[P+](O)(OCC4(c5ccccc5)CC4)OC[C@H]3O2)cc1F. The van der Waals surface area contributed by atoms with E-state index in [-0.39, 0.29) is 25.0 Å². The third-order valence-electron chi connectivity index (χ3n) is 5.83. The second-order valence-corrected chi connectivity index (χ2v) is 9.50. The summed E-state index contributed by atoms with van der Waals surface area (Å²) in [4.78, 5) is 35.9. The Balaban J connectivity index is 1.26. The molecule has 2 aromatic rings. The molecule has 4 atom stereocenters. The van der Waals surface area contributed by atoms with Crippen molar-refractivity contribution in [3.05, 3.63) is 68.7 Å². The van der Waals surface area contributed by atoms with Crippen LogP contribution in [0.15, 0.2) is 46.1 Å². The zero-order valence-corrected chi connectivity index (χ0v) is 16.8. The summed E-state index contributed by atoms with van der Waals surface area (Å²) < 4.78 is 37.2. The molecule has 9 nitrogen and oxygen atoms in total. The van der Waals surface area contributed by atoms with Crippen LogP contribution in [-0.4, -0.2) is 39.9 Å². The van der Waals surface area contributed by atoms with Gasteiger partial charge in [0.15, 0.2) is 0 Å². The van der Waals surface area contributed by atoms with Crippen LogP contribution in [0, 0.1) is 5.82 Å². The van der Waals surface area contributed by atoms with Crippen LogP contribution >= 0.6 is 8.17 Å². The second-order valence-electron chi connectivity index (χ2n) is 7.84. The smallest absolute Gasteiger partial charge is 0.349 e. The summed E-state index contributed by atoms with van der Waals surface area (Å²) in [6, 6.07) is 9.95. The first-order valence-corrected chi connectivity index (χ1v) is 11.2. The summed E-state index contributed by atoms with van der Waals surface area (Å²) in [5.41, 5.74) is -0.871.